The molecule has 0 bridgehead atoms. The molecule has 4 rings (SSSR count). The van der Waals surface area contributed by atoms with Crippen molar-refractivity contribution in [1.82, 2.24) is 4.90 Å². The van der Waals surface area contributed by atoms with Gasteiger partial charge in [0.1, 0.15) is 17.3 Å². The number of imide groups is 1. The van der Waals surface area contributed by atoms with Crippen LogP contribution in [0.3, 0.4) is 0 Å². The molecular formula is C26H22ClNO7S2. The molecule has 1 aliphatic heterocycles. The van der Waals surface area contributed by atoms with Crippen LogP contribution in [0.2, 0.25) is 5.02 Å². The van der Waals surface area contributed by atoms with Crippen molar-refractivity contribution in [3.05, 3.63) is 88.3 Å². The molecule has 1 fully saturated rings. The fraction of sp³-hybridized carbons (Fsp3) is 0.154. The topological polar surface area (TPSA) is 99.2 Å². The van der Waals surface area contributed by atoms with Gasteiger partial charge in [0.25, 0.3) is 11.1 Å². The summed E-state index contributed by atoms with van der Waals surface area (Å²) < 4.78 is 41.9. The van der Waals surface area contributed by atoms with E-state index in [1.54, 1.807) is 37.3 Å². The number of thioether (sulfide) groups is 1. The number of para-hydroxylation sites is 1. The van der Waals surface area contributed by atoms with E-state index in [2.05, 4.69) is 0 Å². The minimum Gasteiger partial charge on any atom is -0.492 e. The molecule has 3 aromatic carbocycles. The number of amides is 2. The lowest BCUT2D eigenvalue weighted by molar-refractivity contribution is -0.123. The van der Waals surface area contributed by atoms with E-state index in [1.165, 1.54) is 30.3 Å². The van der Waals surface area contributed by atoms with E-state index in [4.69, 9.17) is 25.3 Å². The van der Waals surface area contributed by atoms with Crippen molar-refractivity contribution >= 4 is 50.7 Å². The number of carbonyl (C=O) groups excluding carboxylic acids is 2. The Morgan fingerprint density at radius 3 is 2.32 bits per heavy atom. The molecule has 0 aromatic heterocycles. The summed E-state index contributed by atoms with van der Waals surface area (Å²) in [6.07, 6.45) is 1.49. The second-order valence-corrected chi connectivity index (χ2v) is 10.6. The van der Waals surface area contributed by atoms with Crippen LogP contribution in [-0.4, -0.2) is 44.2 Å². The van der Waals surface area contributed by atoms with Gasteiger partial charge in [0.15, 0.2) is 5.75 Å². The SMILES string of the molecule is CCOc1cc(/C=C2\SC(=O)N(CCOc3ccccc3)C2=O)cc(Cl)c1OS(=O)(=O)c1ccccc1. The van der Waals surface area contributed by atoms with Crippen LogP contribution in [0.1, 0.15) is 12.5 Å². The molecule has 11 heteroatoms. The fourth-order valence-corrected chi connectivity index (χ4v) is 5.52. The molecule has 1 saturated heterocycles. The first kappa shape index (κ1) is 26.6. The maximum atomic E-state index is 12.9. The third kappa shape index (κ3) is 6.46. The molecule has 0 unspecified atom stereocenters. The predicted octanol–water partition coefficient (Wildman–Crippen LogP) is 5.62. The molecule has 1 aliphatic rings. The van der Waals surface area contributed by atoms with E-state index in [1.807, 2.05) is 18.2 Å². The van der Waals surface area contributed by atoms with Crippen LogP contribution in [-0.2, 0) is 14.9 Å². The van der Waals surface area contributed by atoms with Crippen LogP contribution in [0.15, 0.2) is 82.6 Å². The van der Waals surface area contributed by atoms with Crippen LogP contribution in [0.25, 0.3) is 6.08 Å². The van der Waals surface area contributed by atoms with Crippen molar-refractivity contribution in [2.75, 3.05) is 19.8 Å². The Labute approximate surface area is 223 Å². The maximum absolute atomic E-state index is 12.9. The van der Waals surface area contributed by atoms with Crippen molar-refractivity contribution in [2.45, 2.75) is 11.8 Å². The number of nitrogens with zero attached hydrogens (tertiary/aromatic N) is 1. The van der Waals surface area contributed by atoms with Crippen LogP contribution in [0, 0.1) is 0 Å². The summed E-state index contributed by atoms with van der Waals surface area (Å²) in [4.78, 5) is 26.6. The van der Waals surface area contributed by atoms with Gasteiger partial charge in [-0.15, -0.1) is 0 Å². The zero-order valence-electron chi connectivity index (χ0n) is 19.6. The minimum absolute atomic E-state index is 0.0350. The van der Waals surface area contributed by atoms with Gasteiger partial charge in [-0.25, -0.2) is 0 Å². The van der Waals surface area contributed by atoms with Crippen molar-refractivity contribution in [2.24, 2.45) is 0 Å². The first-order chi connectivity index (χ1) is 17.8. The highest BCUT2D eigenvalue weighted by Crippen LogP contribution is 2.40. The number of halogens is 1. The molecule has 0 saturated carbocycles. The second kappa shape index (κ2) is 11.7. The Morgan fingerprint density at radius 1 is 0.973 bits per heavy atom. The van der Waals surface area contributed by atoms with Gasteiger partial charge in [-0.2, -0.15) is 8.42 Å². The first-order valence-corrected chi connectivity index (χ1v) is 13.8. The number of ether oxygens (including phenoxy) is 2. The summed E-state index contributed by atoms with van der Waals surface area (Å²) >= 11 is 7.18. The largest absolute Gasteiger partial charge is 0.492 e. The first-order valence-electron chi connectivity index (χ1n) is 11.2. The van der Waals surface area contributed by atoms with E-state index < -0.39 is 21.3 Å². The van der Waals surface area contributed by atoms with Gasteiger partial charge < -0.3 is 13.7 Å². The van der Waals surface area contributed by atoms with Crippen LogP contribution < -0.4 is 13.7 Å². The smallest absolute Gasteiger partial charge is 0.339 e. The van der Waals surface area contributed by atoms with E-state index in [0.29, 0.717) is 11.3 Å². The molecule has 0 atom stereocenters. The second-order valence-electron chi connectivity index (χ2n) is 7.61. The quantitative estimate of drug-likeness (QED) is 0.233. The summed E-state index contributed by atoms with van der Waals surface area (Å²) in [5, 5.41) is -0.454. The summed E-state index contributed by atoms with van der Waals surface area (Å²) in [6.45, 7) is 2.17. The third-order valence-electron chi connectivity index (χ3n) is 5.05. The summed E-state index contributed by atoms with van der Waals surface area (Å²) in [5.74, 6) is 0.0827. The van der Waals surface area contributed by atoms with Gasteiger partial charge in [0, 0.05) is 0 Å². The molecule has 1 heterocycles. The van der Waals surface area contributed by atoms with E-state index >= 15 is 0 Å². The molecule has 0 radical (unpaired) electrons. The standard InChI is InChI=1S/C26H22ClNO7S2/c1-2-33-22-16-18(15-21(27)24(22)35-37(31,32)20-11-7-4-8-12-20)17-23-25(29)28(26(30)36-23)13-14-34-19-9-5-3-6-10-19/h3-12,15-17H,2,13-14H2,1H3/b23-17-. The van der Waals surface area contributed by atoms with Gasteiger partial charge in [-0.1, -0.05) is 48.0 Å². The van der Waals surface area contributed by atoms with Gasteiger partial charge in [0.05, 0.1) is 23.1 Å². The van der Waals surface area contributed by atoms with Gasteiger partial charge in [-0.3, -0.25) is 14.5 Å². The van der Waals surface area contributed by atoms with Crippen molar-refractivity contribution < 1.29 is 31.7 Å². The number of rotatable bonds is 10. The Bertz CT molecular complexity index is 1430. The van der Waals surface area contributed by atoms with Crippen LogP contribution in [0.5, 0.6) is 17.2 Å². The lowest BCUT2D eigenvalue weighted by atomic mass is 10.2. The minimum atomic E-state index is -4.17. The highest BCUT2D eigenvalue weighted by atomic mass is 35.5. The van der Waals surface area contributed by atoms with Crippen molar-refractivity contribution in [3.8, 4) is 17.2 Å². The lowest BCUT2D eigenvalue weighted by Gasteiger charge is -2.14. The Morgan fingerprint density at radius 2 is 1.65 bits per heavy atom. The molecule has 37 heavy (non-hydrogen) atoms. The molecule has 3 aromatic rings. The zero-order chi connectivity index (χ0) is 26.4. The molecule has 0 N–H and O–H groups in total. The van der Waals surface area contributed by atoms with Crippen molar-refractivity contribution in [1.29, 1.82) is 0 Å². The molecule has 0 spiro atoms. The summed E-state index contributed by atoms with van der Waals surface area (Å²) in [7, 11) is -4.17. The Hall–Kier alpha value is -3.47. The number of carbonyl (C=O) groups is 2. The van der Waals surface area contributed by atoms with Gasteiger partial charge in [0.2, 0.25) is 5.75 Å². The van der Waals surface area contributed by atoms with Gasteiger partial charge in [-0.05, 0) is 66.7 Å². The molecule has 2 amide bonds. The monoisotopic (exact) mass is 559 g/mol. The van der Waals surface area contributed by atoms with E-state index in [-0.39, 0.29) is 46.1 Å². The number of hydrogen-bond donors (Lipinski definition) is 0. The molecule has 8 nitrogen and oxygen atoms in total. The summed E-state index contributed by atoms with van der Waals surface area (Å²) in [6, 6.07) is 19.7. The molecule has 0 aliphatic carbocycles. The highest BCUT2D eigenvalue weighted by Gasteiger charge is 2.35. The Balaban J connectivity index is 1.53. The normalized spacial score (nSPS) is 14.8. The number of benzene rings is 3. The van der Waals surface area contributed by atoms with Crippen LogP contribution in [0.4, 0.5) is 4.79 Å². The molecule has 192 valence electrons. The maximum Gasteiger partial charge on any atom is 0.339 e. The van der Waals surface area contributed by atoms with Gasteiger partial charge >= 0.3 is 10.1 Å². The molecular weight excluding hydrogens is 538 g/mol. The van der Waals surface area contributed by atoms with E-state index in [0.717, 1.165) is 16.7 Å². The lowest BCUT2D eigenvalue weighted by Crippen LogP contribution is -2.32. The Kier molecular flexibility index (Phi) is 8.42. The average molecular weight is 560 g/mol. The van der Waals surface area contributed by atoms with Crippen molar-refractivity contribution in [3.63, 3.8) is 0 Å². The third-order valence-corrected chi connectivity index (χ3v) is 7.48. The summed E-state index contributed by atoms with van der Waals surface area (Å²) in [5.41, 5.74) is 0.434. The number of hydrogen-bond acceptors (Lipinski definition) is 8. The van der Waals surface area contributed by atoms with E-state index in [9.17, 15) is 18.0 Å². The predicted molar refractivity (Wildman–Crippen MR) is 141 cm³/mol. The van der Waals surface area contributed by atoms with Crippen LogP contribution >= 0.6 is 23.4 Å². The zero-order valence-corrected chi connectivity index (χ0v) is 22.0. The fourth-order valence-electron chi connectivity index (χ4n) is 3.38. The average Bonchev–Trinajstić information content (AvgIpc) is 3.15. The highest BCUT2D eigenvalue weighted by molar-refractivity contribution is 8.18.